The van der Waals surface area contributed by atoms with Crippen molar-refractivity contribution in [2.24, 2.45) is 0 Å². The summed E-state index contributed by atoms with van der Waals surface area (Å²) in [5, 5.41) is 1.68. The van der Waals surface area contributed by atoms with Crippen LogP contribution < -0.4 is 0 Å². The summed E-state index contributed by atoms with van der Waals surface area (Å²) in [6.07, 6.45) is 0. The van der Waals surface area contributed by atoms with Crippen molar-refractivity contribution >= 4 is 27.1 Å². The normalized spacial score (nSPS) is 22.4. The maximum absolute atomic E-state index is 12.0. The second-order valence-corrected chi connectivity index (χ2v) is 8.14. The molecule has 5 nitrogen and oxygen atoms in total. The number of carbonyl (C=O) groups is 1. The predicted molar refractivity (Wildman–Crippen MR) is 65.9 cm³/mol. The second-order valence-electron chi connectivity index (χ2n) is 4.68. The minimum absolute atomic E-state index is 0.0237. The molecule has 0 aromatic carbocycles. The quantitative estimate of drug-likeness (QED) is 0.759. The standard InChI is InChI=1S/C10H14N2O3S2/c1-10(2)6-12(3-4-17(10,14)15)9(13)8-5-16-7-11-8/h5,7H,3-4,6H2,1-2H3. The third-order valence-corrected chi connectivity index (χ3v) is 6.10. The highest BCUT2D eigenvalue weighted by Crippen LogP contribution is 2.24. The van der Waals surface area contributed by atoms with Gasteiger partial charge in [0.1, 0.15) is 5.69 Å². The lowest BCUT2D eigenvalue weighted by Gasteiger charge is -2.37. The van der Waals surface area contributed by atoms with Crippen molar-refractivity contribution in [2.45, 2.75) is 18.6 Å². The van der Waals surface area contributed by atoms with Crippen LogP contribution in [0.15, 0.2) is 10.9 Å². The SMILES string of the molecule is CC1(C)CN(C(=O)c2cscn2)CCS1(=O)=O. The Morgan fingerprint density at radius 1 is 1.53 bits per heavy atom. The number of nitrogens with zero attached hydrogens (tertiary/aromatic N) is 2. The molecule has 0 bridgehead atoms. The topological polar surface area (TPSA) is 67.3 Å². The fraction of sp³-hybridized carbons (Fsp3) is 0.600. The number of aromatic nitrogens is 1. The minimum atomic E-state index is -3.11. The van der Waals surface area contributed by atoms with E-state index in [-0.39, 0.29) is 24.7 Å². The Bertz CT molecular complexity index is 520. The van der Waals surface area contributed by atoms with E-state index in [1.54, 1.807) is 29.6 Å². The Hall–Kier alpha value is -0.950. The van der Waals surface area contributed by atoms with Crippen LogP contribution in [-0.2, 0) is 9.84 Å². The molecule has 0 spiro atoms. The Labute approximate surface area is 104 Å². The Morgan fingerprint density at radius 3 is 2.76 bits per heavy atom. The van der Waals surface area contributed by atoms with Gasteiger partial charge in [-0.25, -0.2) is 13.4 Å². The van der Waals surface area contributed by atoms with E-state index in [4.69, 9.17) is 0 Å². The molecule has 0 radical (unpaired) electrons. The Balaban J connectivity index is 2.20. The van der Waals surface area contributed by atoms with E-state index >= 15 is 0 Å². The summed E-state index contributed by atoms with van der Waals surface area (Å²) < 4.78 is 22.7. The fourth-order valence-electron chi connectivity index (χ4n) is 1.80. The van der Waals surface area contributed by atoms with Gasteiger partial charge in [-0.2, -0.15) is 0 Å². The number of hydrogen-bond donors (Lipinski definition) is 0. The van der Waals surface area contributed by atoms with Gasteiger partial charge in [-0.05, 0) is 13.8 Å². The van der Waals surface area contributed by atoms with Gasteiger partial charge >= 0.3 is 0 Å². The van der Waals surface area contributed by atoms with Crippen molar-refractivity contribution < 1.29 is 13.2 Å². The van der Waals surface area contributed by atoms with Gasteiger partial charge in [0, 0.05) is 18.5 Å². The van der Waals surface area contributed by atoms with Crippen LogP contribution in [0.4, 0.5) is 0 Å². The molecule has 1 aliphatic heterocycles. The maximum atomic E-state index is 12.0. The van der Waals surface area contributed by atoms with Crippen molar-refractivity contribution in [1.29, 1.82) is 0 Å². The first kappa shape index (κ1) is 12.5. The molecule has 94 valence electrons. The van der Waals surface area contributed by atoms with Crippen LogP contribution in [0.5, 0.6) is 0 Å². The smallest absolute Gasteiger partial charge is 0.273 e. The summed E-state index contributed by atoms with van der Waals surface area (Å²) >= 11 is 1.35. The second kappa shape index (κ2) is 4.06. The lowest BCUT2D eigenvalue weighted by Crippen LogP contribution is -2.54. The van der Waals surface area contributed by atoms with E-state index in [1.165, 1.54) is 11.3 Å². The number of rotatable bonds is 1. The number of carbonyl (C=O) groups excluding carboxylic acids is 1. The summed E-state index contributed by atoms with van der Waals surface area (Å²) in [7, 11) is -3.11. The zero-order valence-electron chi connectivity index (χ0n) is 9.71. The highest BCUT2D eigenvalue weighted by atomic mass is 32.2. The first-order valence-corrected chi connectivity index (χ1v) is 7.83. The zero-order chi connectivity index (χ0) is 12.7. The summed E-state index contributed by atoms with van der Waals surface area (Å²) in [5.41, 5.74) is 1.99. The van der Waals surface area contributed by atoms with Gasteiger partial charge in [0.15, 0.2) is 9.84 Å². The average molecular weight is 274 g/mol. The molecular weight excluding hydrogens is 260 g/mol. The molecule has 7 heteroatoms. The lowest BCUT2D eigenvalue weighted by molar-refractivity contribution is 0.0738. The van der Waals surface area contributed by atoms with Gasteiger partial charge in [0.25, 0.3) is 5.91 Å². The highest BCUT2D eigenvalue weighted by molar-refractivity contribution is 7.92. The van der Waals surface area contributed by atoms with Gasteiger partial charge in [0.05, 0.1) is 16.0 Å². The summed E-state index contributed by atoms with van der Waals surface area (Å²) in [4.78, 5) is 17.6. The molecule has 1 saturated heterocycles. The number of amides is 1. The molecule has 0 N–H and O–H groups in total. The van der Waals surface area contributed by atoms with Crippen molar-refractivity contribution in [1.82, 2.24) is 9.88 Å². The molecule has 0 saturated carbocycles. The van der Waals surface area contributed by atoms with Crippen LogP contribution in [0.25, 0.3) is 0 Å². The third kappa shape index (κ3) is 2.21. The first-order chi connectivity index (χ1) is 7.83. The van der Waals surface area contributed by atoms with E-state index in [9.17, 15) is 13.2 Å². The van der Waals surface area contributed by atoms with E-state index in [0.29, 0.717) is 5.69 Å². The van der Waals surface area contributed by atoms with Crippen molar-refractivity contribution in [3.63, 3.8) is 0 Å². The molecular formula is C10H14N2O3S2. The van der Waals surface area contributed by atoms with Crippen LogP contribution in [-0.4, -0.2) is 47.8 Å². The van der Waals surface area contributed by atoms with Crippen LogP contribution in [0, 0.1) is 0 Å². The van der Waals surface area contributed by atoms with Crippen LogP contribution in [0.2, 0.25) is 0 Å². The molecule has 2 heterocycles. The molecule has 0 aliphatic carbocycles. The van der Waals surface area contributed by atoms with Crippen molar-refractivity contribution in [3.8, 4) is 0 Å². The van der Waals surface area contributed by atoms with Crippen molar-refractivity contribution in [2.75, 3.05) is 18.8 Å². The summed E-state index contributed by atoms with van der Waals surface area (Å²) in [6.45, 7) is 3.79. The molecule has 2 rings (SSSR count). The summed E-state index contributed by atoms with van der Waals surface area (Å²) in [5.74, 6) is -0.162. The van der Waals surface area contributed by atoms with Crippen LogP contribution in [0.3, 0.4) is 0 Å². The van der Waals surface area contributed by atoms with Crippen LogP contribution in [0.1, 0.15) is 24.3 Å². The molecule has 0 unspecified atom stereocenters. The van der Waals surface area contributed by atoms with E-state index in [0.717, 1.165) is 0 Å². The minimum Gasteiger partial charge on any atom is -0.335 e. The van der Waals surface area contributed by atoms with Crippen molar-refractivity contribution in [3.05, 3.63) is 16.6 Å². The molecule has 1 aromatic heterocycles. The van der Waals surface area contributed by atoms with E-state index < -0.39 is 14.6 Å². The zero-order valence-corrected chi connectivity index (χ0v) is 11.3. The molecule has 1 aromatic rings. The summed E-state index contributed by atoms with van der Waals surface area (Å²) in [6, 6.07) is 0. The molecule has 1 aliphatic rings. The molecule has 17 heavy (non-hydrogen) atoms. The van der Waals surface area contributed by atoms with Gasteiger partial charge in [-0.3, -0.25) is 4.79 Å². The van der Waals surface area contributed by atoms with Gasteiger partial charge in [-0.15, -0.1) is 11.3 Å². The highest BCUT2D eigenvalue weighted by Gasteiger charge is 2.41. The number of thiazole rings is 1. The van der Waals surface area contributed by atoms with E-state index in [2.05, 4.69) is 4.98 Å². The monoisotopic (exact) mass is 274 g/mol. The Kier molecular flexibility index (Phi) is 2.99. The maximum Gasteiger partial charge on any atom is 0.273 e. The number of sulfone groups is 1. The van der Waals surface area contributed by atoms with Gasteiger partial charge in [0.2, 0.25) is 0 Å². The molecule has 1 fully saturated rings. The molecule has 1 amide bonds. The van der Waals surface area contributed by atoms with Gasteiger partial charge < -0.3 is 4.90 Å². The van der Waals surface area contributed by atoms with E-state index in [1.807, 2.05) is 0 Å². The Morgan fingerprint density at radius 2 is 2.24 bits per heavy atom. The van der Waals surface area contributed by atoms with Gasteiger partial charge in [-0.1, -0.05) is 0 Å². The lowest BCUT2D eigenvalue weighted by atomic mass is 10.2. The fourth-order valence-corrected chi connectivity index (χ4v) is 3.69. The van der Waals surface area contributed by atoms with Crippen LogP contribution >= 0.6 is 11.3 Å². The third-order valence-electron chi connectivity index (χ3n) is 2.98. The molecule has 0 atom stereocenters. The average Bonchev–Trinajstić information content (AvgIpc) is 2.74. The predicted octanol–water partition coefficient (Wildman–Crippen LogP) is 0.792. The number of hydrogen-bond acceptors (Lipinski definition) is 5. The largest absolute Gasteiger partial charge is 0.335 e. The first-order valence-electron chi connectivity index (χ1n) is 5.23.